The van der Waals surface area contributed by atoms with E-state index < -0.39 is 18.5 Å². The number of pyridine rings is 1. The van der Waals surface area contributed by atoms with E-state index in [9.17, 15) is 19.2 Å². The maximum absolute atomic E-state index is 12.2. The van der Waals surface area contributed by atoms with Crippen LogP contribution in [0.2, 0.25) is 0 Å². The fourth-order valence-electron chi connectivity index (χ4n) is 6.30. The predicted molar refractivity (Wildman–Crippen MR) is 274 cm³/mol. The van der Waals surface area contributed by atoms with Crippen molar-refractivity contribution in [3.05, 3.63) is 178 Å². The van der Waals surface area contributed by atoms with Gasteiger partial charge in [0.05, 0.1) is 83.4 Å². The minimum atomic E-state index is -0.567. The van der Waals surface area contributed by atoms with Crippen LogP contribution in [0.3, 0.4) is 0 Å². The molecule has 396 valence electrons. The number of Topliss-reactive ketones (excluding diaryl/α,β-unsaturated/α-hetero) is 1. The number of carbonyl (C=O) groups excluding carboxylic acids is 4. The zero-order valence-electron chi connectivity index (χ0n) is 42.3. The summed E-state index contributed by atoms with van der Waals surface area (Å²) in [7, 11) is 1.37. The Kier molecular flexibility index (Phi) is 27.8. The number of hydrogen-bond acceptors (Lipinski definition) is 19. The lowest BCUT2D eigenvalue weighted by Crippen LogP contribution is -2.12. The average Bonchev–Trinajstić information content (AvgIpc) is 4.09. The van der Waals surface area contributed by atoms with Gasteiger partial charge in [0.15, 0.2) is 5.78 Å². The topological polar surface area (TPSA) is 268 Å². The van der Waals surface area contributed by atoms with Crippen LogP contribution >= 0.6 is 0 Å². The molecule has 0 amide bonds. The van der Waals surface area contributed by atoms with Crippen molar-refractivity contribution >= 4 is 40.7 Å². The highest BCUT2D eigenvalue weighted by atomic mass is 16.6. The largest absolute Gasteiger partial charge is 0.465 e. The highest BCUT2D eigenvalue weighted by molar-refractivity contribution is 6.03. The van der Waals surface area contributed by atoms with E-state index in [1.54, 1.807) is 32.0 Å². The maximum atomic E-state index is 12.2. The van der Waals surface area contributed by atoms with Gasteiger partial charge in [-0.05, 0) is 55.0 Å². The number of nitrogens with zero attached hydrogens (tertiary/aromatic N) is 4. The number of methoxy groups -OCH3 is 1. The van der Waals surface area contributed by atoms with E-state index in [0.717, 1.165) is 40.8 Å². The van der Waals surface area contributed by atoms with Crippen molar-refractivity contribution < 1.29 is 66.5 Å². The van der Waals surface area contributed by atoms with Crippen molar-refractivity contribution in [3.8, 4) is 6.07 Å². The number of fused-ring (bicyclic) bond motifs is 1. The highest BCUT2D eigenvalue weighted by Crippen LogP contribution is 2.40. The van der Waals surface area contributed by atoms with Crippen LogP contribution in [0, 0.1) is 11.3 Å². The fraction of sp³-hybridized carbons (Fsp3) is 0.321. The van der Waals surface area contributed by atoms with Gasteiger partial charge in [-0.3, -0.25) is 4.79 Å². The summed E-state index contributed by atoms with van der Waals surface area (Å²) < 4.78 is 45.5. The summed E-state index contributed by atoms with van der Waals surface area (Å²) in [4.78, 5) is 48.4. The second-order valence-corrected chi connectivity index (χ2v) is 15.9. The lowest BCUT2D eigenvalue weighted by Gasteiger charge is -2.06. The Labute approximate surface area is 435 Å². The first-order chi connectivity index (χ1) is 36.6. The normalized spacial score (nSPS) is 11.1. The van der Waals surface area contributed by atoms with Crippen LogP contribution < -0.4 is 5.73 Å². The zero-order chi connectivity index (χ0) is 53.9. The van der Waals surface area contributed by atoms with Crippen molar-refractivity contribution in [1.29, 1.82) is 5.26 Å². The van der Waals surface area contributed by atoms with E-state index in [1.165, 1.54) is 7.11 Å². The number of carbonyl (C=O) groups is 4. The van der Waals surface area contributed by atoms with E-state index in [0.29, 0.717) is 86.1 Å². The molecule has 0 atom stereocenters. The van der Waals surface area contributed by atoms with Crippen LogP contribution in [0.25, 0.3) is 11.1 Å². The molecule has 0 unspecified atom stereocenters. The molecule has 1 aliphatic carbocycles. The molecular weight excluding hydrogens is 967 g/mol. The molecule has 3 N–H and O–H groups in total. The van der Waals surface area contributed by atoms with Crippen molar-refractivity contribution in [1.82, 2.24) is 15.3 Å². The lowest BCUT2D eigenvalue weighted by atomic mass is 10.1. The molecule has 0 spiro atoms. The Balaban J connectivity index is 0.000000214. The van der Waals surface area contributed by atoms with Gasteiger partial charge < -0.3 is 53.0 Å². The smallest absolute Gasteiger partial charge is 0.338 e. The molecule has 1 saturated carbocycles. The first-order valence-electron chi connectivity index (χ1n) is 23.9. The van der Waals surface area contributed by atoms with Crippen LogP contribution in [0.1, 0.15) is 88.7 Å². The van der Waals surface area contributed by atoms with Gasteiger partial charge in [-0.25, -0.2) is 19.4 Å². The molecule has 0 aliphatic heterocycles. The van der Waals surface area contributed by atoms with Gasteiger partial charge in [0.25, 0.3) is 5.71 Å². The average molecular weight is 1030 g/mol. The molecule has 3 heterocycles. The summed E-state index contributed by atoms with van der Waals surface area (Å²) in [6.07, 6.45) is 2.09. The van der Waals surface area contributed by atoms with Crippen molar-refractivity contribution in [2.75, 3.05) is 45.9 Å². The molecular formula is C56H63N5O14. The van der Waals surface area contributed by atoms with Crippen LogP contribution in [-0.4, -0.2) is 84.2 Å². The molecule has 8 rings (SSSR count). The molecule has 0 radical (unpaired) electrons. The monoisotopic (exact) mass is 1030 g/mol. The van der Waals surface area contributed by atoms with Crippen LogP contribution in [0.4, 0.5) is 5.88 Å². The molecule has 1 fully saturated rings. The number of nitriles is 1. The number of nitrogens with two attached hydrogens (primary N) is 1. The van der Waals surface area contributed by atoms with Crippen molar-refractivity contribution in [2.24, 2.45) is 0 Å². The van der Waals surface area contributed by atoms with Gasteiger partial charge in [-0.1, -0.05) is 132 Å². The molecule has 19 heteroatoms. The summed E-state index contributed by atoms with van der Waals surface area (Å²) >= 11 is 0. The quantitative estimate of drug-likeness (QED) is 0.0475. The molecule has 3 aromatic heterocycles. The van der Waals surface area contributed by atoms with Gasteiger partial charge in [-0.15, -0.1) is 0 Å². The maximum Gasteiger partial charge on any atom is 0.338 e. The third-order valence-corrected chi connectivity index (χ3v) is 9.95. The first-order valence-corrected chi connectivity index (χ1v) is 23.9. The number of ether oxygens (including phenoxy) is 7. The third-order valence-electron chi connectivity index (χ3n) is 9.95. The number of benzene rings is 4. The molecule has 0 bridgehead atoms. The standard InChI is InChI=1S/C19H18N2O4.C11H12N2O2.C11H11NO2.C11H14O3.C4H8O3/c1-23-19(22)14-9-15(13-7-8-13)20-18-17(14)16(21-25-18)11-24-10-12-5-3-2-4-6-12;12-11-6-10(13-15-11)8-14-7-9-4-2-1-3-5-9;12-7-6-11(13)9-14-8-10-4-2-1-3-5-10;1-2-14-11(12)9-13-8-10-6-4-3-5-7-10;1-2-7-4(6)3-5/h2-6,9,13H,7-8,10-11H2,1H3;1-6H,7-8,12H2;1-5H,6,8-9H2;3-7H,2,8-9H2,1H3;5H,2-3H2,1H3. The number of anilines is 1. The summed E-state index contributed by atoms with van der Waals surface area (Å²) in [6, 6.07) is 44.4. The number of esters is 3. The summed E-state index contributed by atoms with van der Waals surface area (Å²) in [6.45, 7) is 6.22. The Morgan fingerprint density at radius 1 is 0.653 bits per heavy atom. The van der Waals surface area contributed by atoms with Crippen molar-refractivity contribution in [2.45, 2.75) is 78.7 Å². The molecule has 1 aliphatic rings. The zero-order valence-corrected chi connectivity index (χ0v) is 42.3. The number of aliphatic hydroxyl groups excluding tert-OH is 1. The molecule has 4 aromatic carbocycles. The molecule has 0 saturated heterocycles. The van der Waals surface area contributed by atoms with E-state index in [4.69, 9.17) is 53.6 Å². The minimum absolute atomic E-state index is 0.0163. The Hall–Kier alpha value is -8.12. The van der Waals surface area contributed by atoms with Crippen LogP contribution in [0.5, 0.6) is 0 Å². The number of aromatic nitrogens is 3. The van der Waals surface area contributed by atoms with Crippen LogP contribution in [-0.2, 0) is 87.2 Å². The van der Waals surface area contributed by atoms with E-state index in [-0.39, 0.29) is 38.0 Å². The third kappa shape index (κ3) is 24.0. The highest BCUT2D eigenvalue weighted by Gasteiger charge is 2.29. The second-order valence-electron chi connectivity index (χ2n) is 15.9. The van der Waals surface area contributed by atoms with Gasteiger partial charge in [-0.2, -0.15) is 5.26 Å². The number of ketones is 1. The van der Waals surface area contributed by atoms with Gasteiger partial charge in [0.1, 0.15) is 31.2 Å². The van der Waals surface area contributed by atoms with Crippen molar-refractivity contribution in [3.63, 3.8) is 0 Å². The lowest BCUT2D eigenvalue weighted by molar-refractivity contribution is -0.149. The second kappa shape index (κ2) is 35.1. The van der Waals surface area contributed by atoms with Gasteiger partial charge >= 0.3 is 17.9 Å². The van der Waals surface area contributed by atoms with E-state index >= 15 is 0 Å². The fourth-order valence-corrected chi connectivity index (χ4v) is 6.30. The Bertz CT molecular complexity index is 2760. The van der Waals surface area contributed by atoms with Crippen LogP contribution in [0.15, 0.2) is 143 Å². The number of hydrogen-bond donors (Lipinski definition) is 2. The summed E-state index contributed by atoms with van der Waals surface area (Å²) in [5.74, 6) is -0.764. The molecule has 7 aromatic rings. The molecule has 75 heavy (non-hydrogen) atoms. The van der Waals surface area contributed by atoms with E-state index in [1.807, 2.05) is 121 Å². The van der Waals surface area contributed by atoms with Gasteiger partial charge in [0.2, 0.25) is 5.88 Å². The summed E-state index contributed by atoms with van der Waals surface area (Å²) in [5, 5.41) is 24.6. The van der Waals surface area contributed by atoms with E-state index in [2.05, 4.69) is 20.0 Å². The predicted octanol–water partition coefficient (Wildman–Crippen LogP) is 8.57. The summed E-state index contributed by atoms with van der Waals surface area (Å²) in [5.41, 5.74) is 12.6. The first kappa shape index (κ1) is 59.4. The number of nitrogen functional groups attached to an aromatic ring is 1. The molecule has 19 nitrogen and oxygen atoms in total. The SMILES string of the molecule is CCOC(=O)CO.CCOC(=O)COCc1ccccc1.COC(=O)c1cc(C2CC2)nc2onc(COCc3ccccc3)c12.N#CCC(=O)COCc1ccccc1.Nc1cc(COCc2ccccc2)no1. The number of aliphatic hydroxyl groups is 1. The Morgan fingerprint density at radius 2 is 1.15 bits per heavy atom. The van der Waals surface area contributed by atoms with Gasteiger partial charge in [0, 0.05) is 17.7 Å². The Morgan fingerprint density at radius 3 is 1.59 bits per heavy atom. The minimum Gasteiger partial charge on any atom is -0.465 e. The number of rotatable bonds is 22.